The molecule has 1 unspecified atom stereocenters. The maximum absolute atomic E-state index is 12.7. The number of halogens is 1. The van der Waals surface area contributed by atoms with Crippen molar-refractivity contribution in [2.45, 2.75) is 19.3 Å². The van der Waals surface area contributed by atoms with Crippen molar-refractivity contribution in [3.8, 4) is 11.3 Å². The maximum Gasteiger partial charge on any atom is 0.224 e. The highest BCUT2D eigenvalue weighted by atomic mass is 35.5. The highest BCUT2D eigenvalue weighted by molar-refractivity contribution is 6.30. The zero-order valence-corrected chi connectivity index (χ0v) is 17.6. The molecule has 1 fully saturated rings. The highest BCUT2D eigenvalue weighted by Gasteiger charge is 2.26. The van der Waals surface area contributed by atoms with E-state index in [1.54, 1.807) is 6.33 Å². The number of rotatable bonds is 6. The molecule has 1 amide bonds. The molecule has 0 aliphatic carbocycles. The number of piperidine rings is 1. The Morgan fingerprint density at radius 1 is 1.10 bits per heavy atom. The summed E-state index contributed by atoms with van der Waals surface area (Å²) in [7, 11) is 0. The fourth-order valence-electron chi connectivity index (χ4n) is 3.81. The standard InChI is InChI=1S/C24H25ClN4O/c25-21-10-8-18(9-11-21)12-13-26-24(30)20-7-4-14-29(16-20)23-15-22(27-17-28-23)19-5-2-1-3-6-19/h1-3,5-6,8-11,15,17,20H,4,7,12-14,16H2,(H,26,30). The first-order valence-electron chi connectivity index (χ1n) is 10.3. The van der Waals surface area contributed by atoms with Crippen LogP contribution < -0.4 is 10.2 Å². The largest absolute Gasteiger partial charge is 0.356 e. The van der Waals surface area contributed by atoms with Crippen LogP contribution in [0.1, 0.15) is 18.4 Å². The summed E-state index contributed by atoms with van der Waals surface area (Å²) in [5, 5.41) is 3.82. The van der Waals surface area contributed by atoms with Gasteiger partial charge < -0.3 is 10.2 Å². The first kappa shape index (κ1) is 20.4. The normalized spacial score (nSPS) is 16.3. The molecule has 1 N–H and O–H groups in total. The number of carbonyl (C=O) groups is 1. The predicted octanol–water partition coefficient (Wildman–Crippen LogP) is 4.37. The SMILES string of the molecule is O=C(NCCc1ccc(Cl)cc1)C1CCCN(c2cc(-c3ccccc3)ncn2)C1. The maximum atomic E-state index is 12.7. The molecule has 1 atom stereocenters. The molecule has 1 aromatic heterocycles. The molecule has 0 spiro atoms. The molecule has 1 aliphatic heterocycles. The van der Waals surface area contributed by atoms with Gasteiger partial charge in [0, 0.05) is 36.3 Å². The molecule has 0 radical (unpaired) electrons. The van der Waals surface area contributed by atoms with E-state index < -0.39 is 0 Å². The summed E-state index contributed by atoms with van der Waals surface area (Å²) in [6, 6.07) is 19.8. The van der Waals surface area contributed by atoms with Gasteiger partial charge in [0.1, 0.15) is 12.1 Å². The number of nitrogens with one attached hydrogen (secondary N) is 1. The van der Waals surface area contributed by atoms with Crippen molar-refractivity contribution in [2.24, 2.45) is 5.92 Å². The molecular weight excluding hydrogens is 396 g/mol. The number of hydrogen-bond donors (Lipinski definition) is 1. The topological polar surface area (TPSA) is 58.1 Å². The zero-order valence-electron chi connectivity index (χ0n) is 16.8. The van der Waals surface area contributed by atoms with E-state index in [0.29, 0.717) is 13.1 Å². The van der Waals surface area contributed by atoms with Crippen LogP contribution >= 0.6 is 11.6 Å². The molecule has 2 aromatic carbocycles. The van der Waals surface area contributed by atoms with E-state index in [0.717, 1.165) is 47.9 Å². The Morgan fingerprint density at radius 3 is 2.70 bits per heavy atom. The van der Waals surface area contributed by atoms with Crippen molar-refractivity contribution in [3.05, 3.63) is 77.6 Å². The molecule has 30 heavy (non-hydrogen) atoms. The first-order chi connectivity index (χ1) is 14.7. The van der Waals surface area contributed by atoms with Gasteiger partial charge in [-0.1, -0.05) is 54.1 Å². The van der Waals surface area contributed by atoms with Crippen molar-refractivity contribution in [1.29, 1.82) is 0 Å². The molecule has 1 saturated heterocycles. The third-order valence-electron chi connectivity index (χ3n) is 5.46. The third kappa shape index (κ3) is 5.16. The fourth-order valence-corrected chi connectivity index (χ4v) is 3.94. The van der Waals surface area contributed by atoms with Crippen molar-refractivity contribution in [2.75, 3.05) is 24.5 Å². The molecule has 6 heteroatoms. The van der Waals surface area contributed by atoms with Crippen LogP contribution in [0.2, 0.25) is 5.02 Å². The lowest BCUT2D eigenvalue weighted by Crippen LogP contribution is -2.43. The predicted molar refractivity (Wildman–Crippen MR) is 121 cm³/mol. The van der Waals surface area contributed by atoms with Gasteiger partial charge in [0.05, 0.1) is 11.6 Å². The van der Waals surface area contributed by atoms with Gasteiger partial charge in [-0.3, -0.25) is 4.79 Å². The summed E-state index contributed by atoms with van der Waals surface area (Å²) < 4.78 is 0. The van der Waals surface area contributed by atoms with Gasteiger partial charge in [-0.15, -0.1) is 0 Å². The van der Waals surface area contributed by atoms with Gasteiger partial charge in [-0.25, -0.2) is 9.97 Å². The zero-order chi connectivity index (χ0) is 20.8. The minimum atomic E-state index is -0.0286. The van der Waals surface area contributed by atoms with Gasteiger partial charge in [0.15, 0.2) is 0 Å². The number of anilines is 1. The Morgan fingerprint density at radius 2 is 1.90 bits per heavy atom. The second kappa shape index (κ2) is 9.72. The Hall–Kier alpha value is -2.92. The first-order valence-corrected chi connectivity index (χ1v) is 10.7. The smallest absolute Gasteiger partial charge is 0.224 e. The molecule has 154 valence electrons. The number of hydrogen-bond acceptors (Lipinski definition) is 4. The minimum absolute atomic E-state index is 0.0286. The lowest BCUT2D eigenvalue weighted by molar-refractivity contribution is -0.125. The van der Waals surface area contributed by atoms with Crippen molar-refractivity contribution >= 4 is 23.3 Å². The number of carbonyl (C=O) groups excluding carboxylic acids is 1. The molecule has 3 aromatic rings. The third-order valence-corrected chi connectivity index (χ3v) is 5.72. The lowest BCUT2D eigenvalue weighted by atomic mass is 9.97. The van der Waals surface area contributed by atoms with Gasteiger partial charge >= 0.3 is 0 Å². The summed E-state index contributed by atoms with van der Waals surface area (Å²) in [6.45, 7) is 2.21. The average molecular weight is 421 g/mol. The molecule has 2 heterocycles. The van der Waals surface area contributed by atoms with Gasteiger partial charge in [-0.2, -0.15) is 0 Å². The Bertz CT molecular complexity index is 978. The van der Waals surface area contributed by atoms with E-state index in [-0.39, 0.29) is 11.8 Å². The number of benzene rings is 2. The average Bonchev–Trinajstić information content (AvgIpc) is 2.81. The minimum Gasteiger partial charge on any atom is -0.356 e. The van der Waals surface area contributed by atoms with E-state index in [2.05, 4.69) is 20.2 Å². The molecular formula is C24H25ClN4O. The Kier molecular flexibility index (Phi) is 6.60. The van der Waals surface area contributed by atoms with Crippen molar-refractivity contribution in [1.82, 2.24) is 15.3 Å². The second-order valence-electron chi connectivity index (χ2n) is 7.58. The van der Waals surface area contributed by atoms with Crippen LogP contribution in [0.25, 0.3) is 11.3 Å². The summed E-state index contributed by atoms with van der Waals surface area (Å²) >= 11 is 5.92. The summed E-state index contributed by atoms with van der Waals surface area (Å²) in [6.07, 6.45) is 4.28. The van der Waals surface area contributed by atoms with Crippen molar-refractivity contribution in [3.63, 3.8) is 0 Å². The highest BCUT2D eigenvalue weighted by Crippen LogP contribution is 2.25. The van der Waals surface area contributed by atoms with E-state index in [4.69, 9.17) is 11.6 Å². The van der Waals surface area contributed by atoms with E-state index in [9.17, 15) is 4.79 Å². The number of nitrogens with zero attached hydrogens (tertiary/aromatic N) is 3. The molecule has 0 bridgehead atoms. The van der Waals surface area contributed by atoms with E-state index >= 15 is 0 Å². The quantitative estimate of drug-likeness (QED) is 0.643. The Balaban J connectivity index is 1.35. The van der Waals surface area contributed by atoms with E-state index in [1.165, 1.54) is 5.56 Å². The van der Waals surface area contributed by atoms with Crippen LogP contribution in [0.3, 0.4) is 0 Å². The summed E-state index contributed by atoms with van der Waals surface area (Å²) in [5.74, 6) is 0.965. The molecule has 5 nitrogen and oxygen atoms in total. The Labute approximate surface area is 182 Å². The summed E-state index contributed by atoms with van der Waals surface area (Å²) in [4.78, 5) is 23.8. The monoisotopic (exact) mass is 420 g/mol. The van der Waals surface area contributed by atoms with Crippen LogP contribution in [-0.2, 0) is 11.2 Å². The van der Waals surface area contributed by atoms with Crippen LogP contribution in [0.5, 0.6) is 0 Å². The van der Waals surface area contributed by atoms with Gasteiger partial charge in [0.2, 0.25) is 5.91 Å². The number of aromatic nitrogens is 2. The molecule has 0 saturated carbocycles. The fraction of sp³-hybridized carbons (Fsp3) is 0.292. The van der Waals surface area contributed by atoms with Gasteiger partial charge in [0.25, 0.3) is 0 Å². The summed E-state index contributed by atoms with van der Waals surface area (Å²) in [5.41, 5.74) is 3.13. The van der Waals surface area contributed by atoms with Crippen LogP contribution in [0, 0.1) is 5.92 Å². The molecule has 1 aliphatic rings. The van der Waals surface area contributed by atoms with Crippen LogP contribution in [0.15, 0.2) is 67.0 Å². The lowest BCUT2D eigenvalue weighted by Gasteiger charge is -2.33. The second-order valence-corrected chi connectivity index (χ2v) is 8.02. The van der Waals surface area contributed by atoms with Crippen LogP contribution in [0.4, 0.5) is 5.82 Å². The molecule has 4 rings (SSSR count). The number of amides is 1. The van der Waals surface area contributed by atoms with Crippen molar-refractivity contribution < 1.29 is 4.79 Å². The van der Waals surface area contributed by atoms with Crippen LogP contribution in [-0.4, -0.2) is 35.5 Å². The van der Waals surface area contributed by atoms with E-state index in [1.807, 2.05) is 60.7 Å². The van der Waals surface area contributed by atoms with Gasteiger partial charge in [-0.05, 0) is 37.0 Å².